The largest absolute Gasteiger partial charge is 0.496 e. The van der Waals surface area contributed by atoms with E-state index in [1.807, 2.05) is 17.1 Å². The van der Waals surface area contributed by atoms with Crippen LogP contribution in [0, 0.1) is 5.92 Å². The number of methoxy groups -OCH3 is 1. The van der Waals surface area contributed by atoms with Crippen LogP contribution in [0.15, 0.2) is 52.6 Å². The van der Waals surface area contributed by atoms with Crippen molar-refractivity contribution in [3.05, 3.63) is 63.9 Å². The van der Waals surface area contributed by atoms with Crippen LogP contribution in [0.4, 0.5) is 0 Å². The minimum Gasteiger partial charge on any atom is -0.496 e. The van der Waals surface area contributed by atoms with E-state index >= 15 is 0 Å². The van der Waals surface area contributed by atoms with E-state index in [2.05, 4.69) is 27.5 Å². The van der Waals surface area contributed by atoms with Crippen molar-refractivity contribution in [1.29, 1.82) is 0 Å². The molecular weight excluding hydrogens is 616 g/mol. The third-order valence-electron chi connectivity index (χ3n) is 11.5. The number of carbonyl (C=O) groups is 3. The first-order chi connectivity index (χ1) is 22.6. The molecule has 4 heterocycles. The molecule has 10 nitrogen and oxygen atoms in total. The summed E-state index contributed by atoms with van der Waals surface area (Å²) in [6, 6.07) is 6.33. The van der Waals surface area contributed by atoms with Gasteiger partial charge in [-0.3, -0.25) is 14.4 Å². The number of allylic oxidation sites excluding steroid dienone is 4. The van der Waals surface area contributed by atoms with E-state index in [1.165, 1.54) is 38.9 Å². The Morgan fingerprint density at radius 2 is 1.74 bits per heavy atom. The Labute approximate surface area is 275 Å². The fraction of sp³-hybridized carbons (Fsp3) is 0.528. The second kappa shape index (κ2) is 11.2. The van der Waals surface area contributed by atoms with Crippen LogP contribution < -0.4 is 9.46 Å². The zero-order chi connectivity index (χ0) is 32.8. The monoisotopic (exact) mass is 658 g/mol. The minimum atomic E-state index is -4.00. The average molecular weight is 659 g/mol. The third kappa shape index (κ3) is 4.83. The molecule has 0 spiro atoms. The molecule has 1 N–H and O–H groups in total. The second-order valence-corrected chi connectivity index (χ2v) is 16.2. The Morgan fingerprint density at radius 3 is 2.43 bits per heavy atom. The van der Waals surface area contributed by atoms with Crippen molar-refractivity contribution in [3.8, 4) is 5.75 Å². The van der Waals surface area contributed by atoms with E-state index in [0.717, 1.165) is 69.1 Å². The maximum absolute atomic E-state index is 14.7. The quantitative estimate of drug-likeness (QED) is 0.484. The highest BCUT2D eigenvalue weighted by Crippen LogP contribution is 2.56. The summed E-state index contributed by atoms with van der Waals surface area (Å²) in [6.45, 7) is 0.407. The number of hydrogen-bond donors (Lipinski definition) is 1. The summed E-state index contributed by atoms with van der Waals surface area (Å²) in [4.78, 5) is 42.8. The normalized spacial score (nSPS) is 27.1. The molecule has 1 aromatic carbocycles. The van der Waals surface area contributed by atoms with Gasteiger partial charge in [-0.15, -0.1) is 0 Å². The number of ether oxygens (including phenoxy) is 1. The molecule has 3 unspecified atom stereocenters. The van der Waals surface area contributed by atoms with Crippen LogP contribution in [0.1, 0.15) is 87.3 Å². The number of aromatic nitrogens is 1. The van der Waals surface area contributed by atoms with Gasteiger partial charge in [-0.25, -0.2) is 4.72 Å². The fourth-order valence-corrected chi connectivity index (χ4v) is 9.81. The Balaban J connectivity index is 1.30. The SMILES string of the molecule is COc1ccc(C2CCCCC2)c2c1cc1n2CC2=C(C(=O)NS(=O)(=O)N(C)C)C2=C2C=CC[C@@H](C(=O)N3C4CCC3CC(=O)C4)C21. The van der Waals surface area contributed by atoms with Crippen molar-refractivity contribution in [1.82, 2.24) is 18.5 Å². The lowest BCUT2D eigenvalue weighted by Crippen LogP contribution is -2.50. The van der Waals surface area contributed by atoms with E-state index < -0.39 is 22.0 Å². The van der Waals surface area contributed by atoms with Crippen LogP contribution in [0.3, 0.4) is 0 Å². The smallest absolute Gasteiger partial charge is 0.303 e. The molecule has 0 radical (unpaired) electrons. The summed E-state index contributed by atoms with van der Waals surface area (Å²) in [5, 5.41) is 1.00. The van der Waals surface area contributed by atoms with E-state index in [0.29, 0.717) is 37.3 Å². The maximum atomic E-state index is 14.7. The zero-order valence-corrected chi connectivity index (χ0v) is 28.1. The predicted molar refractivity (Wildman–Crippen MR) is 177 cm³/mol. The zero-order valence-electron chi connectivity index (χ0n) is 27.3. The van der Waals surface area contributed by atoms with E-state index in [1.54, 1.807) is 7.11 Å². The molecule has 248 valence electrons. The number of nitrogens with zero attached hydrogens (tertiary/aromatic N) is 3. The highest BCUT2D eigenvalue weighted by atomic mass is 32.2. The molecule has 4 atom stereocenters. The molecule has 8 rings (SSSR count). The number of fused-ring (bicyclic) bond motifs is 8. The molecule has 6 aliphatic rings. The first kappa shape index (κ1) is 30.6. The lowest BCUT2D eigenvalue weighted by atomic mass is 9.75. The van der Waals surface area contributed by atoms with E-state index in [9.17, 15) is 22.8 Å². The Hall–Kier alpha value is -3.70. The summed E-state index contributed by atoms with van der Waals surface area (Å²) in [5.74, 6) is 0.0726. The Bertz CT molecular complexity index is 1910. The molecule has 1 aromatic heterocycles. The van der Waals surface area contributed by atoms with Gasteiger partial charge in [0, 0.05) is 62.6 Å². The van der Waals surface area contributed by atoms with Gasteiger partial charge < -0.3 is 14.2 Å². The average Bonchev–Trinajstić information content (AvgIpc) is 3.59. The molecule has 2 saturated heterocycles. The fourth-order valence-electron chi connectivity index (χ4n) is 9.29. The van der Waals surface area contributed by atoms with Gasteiger partial charge in [0.15, 0.2) is 0 Å². The van der Waals surface area contributed by atoms with Gasteiger partial charge in [0.05, 0.1) is 24.1 Å². The summed E-state index contributed by atoms with van der Waals surface area (Å²) in [7, 11) is 0.453. The second-order valence-electron chi connectivity index (χ2n) is 14.3. The standard InChI is InChI=1S/C36H42N4O6S/c1-38(2)47(44,45)37-35(42)33-28-19-39-29(18-27-30(46-3)15-14-24(34(27)39)20-8-5-4-6-9-20)31-25(32(28)33)10-7-11-26(31)36(43)40-21-12-13-22(40)17-23(41)16-21/h7,10,14-15,18,20-22,26,31H,4-6,8-9,11-13,16-17,19H2,1-3H3,(H,37,42)/t21?,22?,26-,31?/m1/s1. The highest BCUT2D eigenvalue weighted by Gasteiger charge is 2.51. The maximum Gasteiger partial charge on any atom is 0.303 e. The topological polar surface area (TPSA) is 118 Å². The summed E-state index contributed by atoms with van der Waals surface area (Å²) >= 11 is 0. The van der Waals surface area contributed by atoms with Gasteiger partial charge in [0.1, 0.15) is 11.5 Å². The molecule has 11 heteroatoms. The molecular formula is C36H42N4O6S. The summed E-state index contributed by atoms with van der Waals surface area (Å²) in [6.07, 6.45) is 13.0. The molecule has 2 bridgehead atoms. The van der Waals surface area contributed by atoms with Crippen molar-refractivity contribution in [2.75, 3.05) is 21.2 Å². The third-order valence-corrected chi connectivity index (χ3v) is 12.9. The number of carbonyl (C=O) groups excluding carboxylic acids is 3. The number of rotatable bonds is 6. The first-order valence-corrected chi connectivity index (χ1v) is 18.5. The van der Waals surface area contributed by atoms with Crippen LogP contribution in [0.2, 0.25) is 0 Å². The summed E-state index contributed by atoms with van der Waals surface area (Å²) in [5.41, 5.74) is 6.23. The van der Waals surface area contributed by atoms with Gasteiger partial charge in [-0.1, -0.05) is 37.5 Å². The Kier molecular flexibility index (Phi) is 7.29. The van der Waals surface area contributed by atoms with Gasteiger partial charge >= 0.3 is 10.2 Å². The Morgan fingerprint density at radius 1 is 1.02 bits per heavy atom. The van der Waals surface area contributed by atoms with Gasteiger partial charge in [-0.05, 0) is 72.4 Å². The number of Topliss-reactive ketones (excluding diaryl/α,β-unsaturated/α-hetero) is 1. The summed E-state index contributed by atoms with van der Waals surface area (Å²) < 4.78 is 36.8. The van der Waals surface area contributed by atoms with E-state index in [-0.39, 0.29) is 29.7 Å². The molecule has 1 saturated carbocycles. The van der Waals surface area contributed by atoms with Crippen LogP contribution in [-0.4, -0.2) is 73.1 Å². The molecule has 3 fully saturated rings. The van der Waals surface area contributed by atoms with Gasteiger partial charge in [0.25, 0.3) is 5.91 Å². The predicted octanol–water partition coefficient (Wildman–Crippen LogP) is 4.62. The lowest BCUT2D eigenvalue weighted by molar-refractivity contribution is -0.143. The number of hydrogen-bond acceptors (Lipinski definition) is 6. The molecule has 2 amide bonds. The van der Waals surface area contributed by atoms with Crippen molar-refractivity contribution in [2.24, 2.45) is 5.92 Å². The minimum absolute atomic E-state index is 0.0578. The molecule has 47 heavy (non-hydrogen) atoms. The molecule has 2 aromatic rings. The first-order valence-electron chi connectivity index (χ1n) is 17.0. The van der Waals surface area contributed by atoms with Crippen LogP contribution in [0.5, 0.6) is 5.75 Å². The molecule has 3 aliphatic heterocycles. The lowest BCUT2D eigenvalue weighted by Gasteiger charge is -2.39. The van der Waals surface area contributed by atoms with Crippen molar-refractivity contribution < 1.29 is 27.5 Å². The van der Waals surface area contributed by atoms with Crippen LogP contribution in [-0.2, 0) is 31.1 Å². The number of piperidine rings is 1. The number of nitrogens with one attached hydrogen (secondary N) is 1. The number of ketones is 1. The van der Waals surface area contributed by atoms with E-state index in [4.69, 9.17) is 4.74 Å². The molecule has 3 aliphatic carbocycles. The van der Waals surface area contributed by atoms with Crippen molar-refractivity contribution >= 4 is 38.7 Å². The van der Waals surface area contributed by atoms with Crippen molar-refractivity contribution in [2.45, 2.75) is 94.7 Å². The number of benzene rings is 1. The van der Waals surface area contributed by atoms with Gasteiger partial charge in [-0.2, -0.15) is 12.7 Å². The van der Waals surface area contributed by atoms with Crippen LogP contribution >= 0.6 is 0 Å². The van der Waals surface area contributed by atoms with Crippen LogP contribution in [0.25, 0.3) is 10.9 Å². The number of amides is 2. The highest BCUT2D eigenvalue weighted by molar-refractivity contribution is 7.87. The van der Waals surface area contributed by atoms with Crippen molar-refractivity contribution in [3.63, 3.8) is 0 Å². The van der Waals surface area contributed by atoms with Gasteiger partial charge in [0.2, 0.25) is 5.91 Å².